The van der Waals surface area contributed by atoms with Crippen molar-refractivity contribution in [3.05, 3.63) is 29.3 Å². The lowest BCUT2D eigenvalue weighted by Gasteiger charge is -2.00. The summed E-state index contributed by atoms with van der Waals surface area (Å²) in [6, 6.07) is 4.62. The van der Waals surface area contributed by atoms with Gasteiger partial charge in [-0.25, -0.2) is 4.79 Å². The Kier molecular flexibility index (Phi) is 1.70. The molecule has 0 bridgehead atoms. The molecule has 3 N–H and O–H groups in total. The molecule has 0 spiro atoms. The average Bonchev–Trinajstić information content (AvgIpc) is 2.47. The van der Waals surface area contributed by atoms with E-state index in [1.54, 1.807) is 6.07 Å². The zero-order valence-electron chi connectivity index (χ0n) is 6.86. The summed E-state index contributed by atoms with van der Waals surface area (Å²) in [5, 5.41) is 8.70. The van der Waals surface area contributed by atoms with E-state index >= 15 is 0 Å². The summed E-state index contributed by atoms with van der Waals surface area (Å²) in [5.74, 6) is -0.362. The van der Waals surface area contributed by atoms with E-state index in [9.17, 15) is 4.79 Å². The van der Waals surface area contributed by atoms with Crippen LogP contribution in [-0.2, 0) is 0 Å². The van der Waals surface area contributed by atoms with Gasteiger partial charge in [0.1, 0.15) is 12.4 Å². The highest BCUT2D eigenvalue weighted by Gasteiger charge is 2.21. The molecule has 1 heterocycles. The highest BCUT2D eigenvalue weighted by molar-refractivity contribution is 5.88. The van der Waals surface area contributed by atoms with Crippen LogP contribution in [0.1, 0.15) is 22.0 Å². The second-order valence-corrected chi connectivity index (χ2v) is 2.98. The van der Waals surface area contributed by atoms with Crippen LogP contribution in [0, 0.1) is 0 Å². The Morgan fingerprint density at radius 1 is 1.62 bits per heavy atom. The van der Waals surface area contributed by atoms with Crippen molar-refractivity contribution in [1.82, 2.24) is 0 Å². The van der Waals surface area contributed by atoms with Crippen LogP contribution in [0.15, 0.2) is 18.2 Å². The van der Waals surface area contributed by atoms with Crippen LogP contribution in [0.25, 0.3) is 0 Å². The zero-order chi connectivity index (χ0) is 9.42. The average molecular weight is 179 g/mol. The molecule has 1 unspecified atom stereocenters. The summed E-state index contributed by atoms with van der Waals surface area (Å²) in [6.07, 6.45) is 0. The molecule has 1 aliphatic heterocycles. The number of rotatable bonds is 1. The van der Waals surface area contributed by atoms with Crippen LogP contribution in [0.2, 0.25) is 0 Å². The molecule has 1 aliphatic rings. The quantitative estimate of drug-likeness (QED) is 0.668. The Morgan fingerprint density at radius 3 is 3.08 bits per heavy atom. The van der Waals surface area contributed by atoms with Crippen molar-refractivity contribution in [2.45, 2.75) is 6.04 Å². The molecular formula is C9H9NO3. The van der Waals surface area contributed by atoms with Crippen LogP contribution >= 0.6 is 0 Å². The van der Waals surface area contributed by atoms with Crippen LogP contribution in [-0.4, -0.2) is 17.7 Å². The summed E-state index contributed by atoms with van der Waals surface area (Å²) < 4.78 is 5.21. The number of carbonyl (C=O) groups is 1. The third kappa shape index (κ3) is 1.25. The SMILES string of the molecule is NC1COc2cc(C(=O)O)ccc21. The lowest BCUT2D eigenvalue weighted by Crippen LogP contribution is -2.10. The molecule has 1 aromatic carbocycles. The molecule has 4 nitrogen and oxygen atoms in total. The van der Waals surface area contributed by atoms with Gasteiger partial charge < -0.3 is 15.6 Å². The number of fused-ring (bicyclic) bond motifs is 1. The number of hydrogen-bond acceptors (Lipinski definition) is 3. The standard InChI is InChI=1S/C9H9NO3/c10-7-4-13-8-3-5(9(11)12)1-2-6(7)8/h1-3,7H,4,10H2,(H,11,12). The smallest absolute Gasteiger partial charge is 0.335 e. The number of aromatic carboxylic acids is 1. The molecule has 1 atom stereocenters. The first-order valence-corrected chi connectivity index (χ1v) is 3.94. The van der Waals surface area contributed by atoms with E-state index < -0.39 is 5.97 Å². The number of carboxylic acids is 1. The predicted molar refractivity (Wildman–Crippen MR) is 45.8 cm³/mol. The lowest BCUT2D eigenvalue weighted by atomic mass is 10.1. The molecule has 0 saturated carbocycles. The van der Waals surface area contributed by atoms with Gasteiger partial charge in [0.15, 0.2) is 0 Å². The Labute approximate surface area is 74.9 Å². The van der Waals surface area contributed by atoms with Crippen molar-refractivity contribution in [2.75, 3.05) is 6.61 Å². The van der Waals surface area contributed by atoms with Gasteiger partial charge in [-0.1, -0.05) is 6.07 Å². The first-order chi connectivity index (χ1) is 6.18. The van der Waals surface area contributed by atoms with Gasteiger partial charge in [-0.2, -0.15) is 0 Å². The number of ether oxygens (including phenoxy) is 1. The summed E-state index contributed by atoms with van der Waals surface area (Å²) in [6.45, 7) is 0.429. The zero-order valence-corrected chi connectivity index (χ0v) is 6.86. The molecule has 0 aromatic heterocycles. The maximum absolute atomic E-state index is 10.6. The summed E-state index contributed by atoms with van der Waals surface area (Å²) in [4.78, 5) is 10.6. The van der Waals surface area contributed by atoms with E-state index in [2.05, 4.69) is 0 Å². The molecule has 68 valence electrons. The Morgan fingerprint density at radius 2 is 2.38 bits per heavy atom. The summed E-state index contributed by atoms with van der Waals surface area (Å²) in [7, 11) is 0. The Hall–Kier alpha value is -1.55. The molecule has 1 aromatic rings. The van der Waals surface area contributed by atoms with Crippen molar-refractivity contribution in [1.29, 1.82) is 0 Å². The number of nitrogens with two attached hydrogens (primary N) is 1. The van der Waals surface area contributed by atoms with Gasteiger partial charge in [-0.3, -0.25) is 0 Å². The predicted octanol–water partition coefficient (Wildman–Crippen LogP) is 0.777. The Balaban J connectivity index is 2.45. The minimum atomic E-state index is -0.952. The van der Waals surface area contributed by atoms with E-state index in [1.807, 2.05) is 0 Å². The molecular weight excluding hydrogens is 170 g/mol. The fraction of sp³-hybridized carbons (Fsp3) is 0.222. The van der Waals surface area contributed by atoms with Crippen molar-refractivity contribution in [3.63, 3.8) is 0 Å². The lowest BCUT2D eigenvalue weighted by molar-refractivity contribution is 0.0696. The topological polar surface area (TPSA) is 72.5 Å². The molecule has 0 radical (unpaired) electrons. The van der Waals surface area contributed by atoms with Gasteiger partial charge >= 0.3 is 5.97 Å². The van der Waals surface area contributed by atoms with Crippen LogP contribution < -0.4 is 10.5 Å². The fourth-order valence-electron chi connectivity index (χ4n) is 1.37. The van der Waals surface area contributed by atoms with Gasteiger partial charge in [-0.05, 0) is 12.1 Å². The van der Waals surface area contributed by atoms with E-state index in [0.29, 0.717) is 12.4 Å². The number of hydrogen-bond donors (Lipinski definition) is 2. The van der Waals surface area contributed by atoms with E-state index in [1.165, 1.54) is 12.1 Å². The third-order valence-corrected chi connectivity index (χ3v) is 2.08. The van der Waals surface area contributed by atoms with Crippen LogP contribution in [0.5, 0.6) is 5.75 Å². The van der Waals surface area contributed by atoms with Crippen molar-refractivity contribution in [3.8, 4) is 5.75 Å². The van der Waals surface area contributed by atoms with Crippen molar-refractivity contribution >= 4 is 5.97 Å². The molecule has 4 heteroatoms. The minimum Gasteiger partial charge on any atom is -0.491 e. The molecule has 13 heavy (non-hydrogen) atoms. The van der Waals surface area contributed by atoms with E-state index in [0.717, 1.165) is 5.56 Å². The number of carboxylic acid groups (broad SMARTS) is 1. The van der Waals surface area contributed by atoms with Gasteiger partial charge in [0.05, 0.1) is 11.6 Å². The maximum Gasteiger partial charge on any atom is 0.335 e. The molecule has 2 rings (SSSR count). The monoisotopic (exact) mass is 179 g/mol. The van der Waals surface area contributed by atoms with Crippen molar-refractivity contribution < 1.29 is 14.6 Å². The van der Waals surface area contributed by atoms with Gasteiger partial charge in [-0.15, -0.1) is 0 Å². The first-order valence-electron chi connectivity index (χ1n) is 3.94. The minimum absolute atomic E-state index is 0.127. The summed E-state index contributed by atoms with van der Waals surface area (Å²) >= 11 is 0. The van der Waals surface area contributed by atoms with E-state index in [4.69, 9.17) is 15.6 Å². The number of benzene rings is 1. The molecule has 0 saturated heterocycles. The molecule has 0 aliphatic carbocycles. The molecule has 0 fully saturated rings. The van der Waals surface area contributed by atoms with E-state index in [-0.39, 0.29) is 11.6 Å². The van der Waals surface area contributed by atoms with Gasteiger partial charge in [0.2, 0.25) is 0 Å². The van der Waals surface area contributed by atoms with Gasteiger partial charge in [0.25, 0.3) is 0 Å². The largest absolute Gasteiger partial charge is 0.491 e. The van der Waals surface area contributed by atoms with Crippen LogP contribution in [0.4, 0.5) is 0 Å². The second kappa shape index (κ2) is 2.74. The van der Waals surface area contributed by atoms with Crippen molar-refractivity contribution in [2.24, 2.45) is 5.73 Å². The normalized spacial score (nSPS) is 19.3. The van der Waals surface area contributed by atoms with Crippen LogP contribution in [0.3, 0.4) is 0 Å². The maximum atomic E-state index is 10.6. The summed E-state index contributed by atoms with van der Waals surface area (Å²) in [5.41, 5.74) is 6.81. The van der Waals surface area contributed by atoms with Gasteiger partial charge in [0, 0.05) is 5.56 Å². The second-order valence-electron chi connectivity index (χ2n) is 2.98. The highest BCUT2D eigenvalue weighted by atomic mass is 16.5. The first kappa shape index (κ1) is 8.07. The molecule has 0 amide bonds. The highest BCUT2D eigenvalue weighted by Crippen LogP contribution is 2.31. The Bertz CT molecular complexity index is 362. The fourth-order valence-corrected chi connectivity index (χ4v) is 1.37. The third-order valence-electron chi connectivity index (χ3n) is 2.08.